The van der Waals surface area contributed by atoms with Crippen LogP contribution in [0.1, 0.15) is 11.6 Å². The van der Waals surface area contributed by atoms with Crippen LogP contribution in [-0.2, 0) is 10.0 Å². The van der Waals surface area contributed by atoms with Gasteiger partial charge in [0.25, 0.3) is 10.0 Å². The zero-order valence-electron chi connectivity index (χ0n) is 11.2. The van der Waals surface area contributed by atoms with Crippen molar-refractivity contribution in [3.8, 4) is 0 Å². The number of hydrogen-bond donors (Lipinski definition) is 1. The Morgan fingerprint density at radius 1 is 1.29 bits per heavy atom. The molecule has 0 radical (unpaired) electrons. The van der Waals surface area contributed by atoms with Crippen LogP contribution < -0.4 is 5.32 Å². The van der Waals surface area contributed by atoms with E-state index < -0.39 is 10.0 Å². The van der Waals surface area contributed by atoms with Crippen LogP contribution in [0.5, 0.6) is 0 Å². The summed E-state index contributed by atoms with van der Waals surface area (Å²) in [6, 6.07) is 9.06. The molecule has 2 heterocycles. The van der Waals surface area contributed by atoms with Crippen molar-refractivity contribution in [1.29, 1.82) is 0 Å². The molecule has 0 spiro atoms. The minimum Gasteiger partial charge on any atom is -0.313 e. The molecular weight excluding hydrogens is 311 g/mol. The molecule has 112 valence electrons. The number of thiophene rings is 1. The smallest absolute Gasteiger partial charge is 0.253 e. The molecule has 1 unspecified atom stereocenters. The van der Waals surface area contributed by atoms with Crippen molar-refractivity contribution in [2.45, 2.75) is 10.3 Å². The Balaban J connectivity index is 1.99. The lowest BCUT2D eigenvalue weighted by Gasteiger charge is -2.35. The molecule has 0 saturated carbocycles. The minimum absolute atomic E-state index is 0.325. The second-order valence-corrected chi connectivity index (χ2v) is 7.89. The number of nitrogens with zero attached hydrogens (tertiary/aromatic N) is 1. The molecule has 1 aliphatic heterocycles. The summed E-state index contributed by atoms with van der Waals surface area (Å²) in [5, 5.41) is 4.92. The van der Waals surface area contributed by atoms with E-state index in [9.17, 15) is 12.8 Å². The van der Waals surface area contributed by atoms with Crippen LogP contribution in [0.3, 0.4) is 0 Å². The monoisotopic (exact) mass is 326 g/mol. The van der Waals surface area contributed by atoms with Gasteiger partial charge in [0, 0.05) is 19.6 Å². The molecule has 3 rings (SSSR count). The third kappa shape index (κ3) is 2.87. The summed E-state index contributed by atoms with van der Waals surface area (Å²) in [6.07, 6.45) is 0. The average Bonchev–Trinajstić information content (AvgIpc) is 3.02. The second-order valence-electron chi connectivity index (χ2n) is 4.82. The quantitative estimate of drug-likeness (QED) is 0.941. The van der Waals surface area contributed by atoms with Gasteiger partial charge >= 0.3 is 0 Å². The van der Waals surface area contributed by atoms with Crippen LogP contribution >= 0.6 is 11.3 Å². The number of hydrogen-bond acceptors (Lipinski definition) is 4. The predicted octanol–water partition coefficient (Wildman–Crippen LogP) is 2.22. The number of halogens is 1. The fourth-order valence-electron chi connectivity index (χ4n) is 2.50. The molecule has 1 aromatic carbocycles. The van der Waals surface area contributed by atoms with Crippen LogP contribution in [-0.4, -0.2) is 32.4 Å². The molecule has 21 heavy (non-hydrogen) atoms. The van der Waals surface area contributed by atoms with Gasteiger partial charge in [0.05, 0.1) is 6.04 Å². The summed E-state index contributed by atoms with van der Waals surface area (Å²) in [7, 11) is -3.54. The number of rotatable bonds is 3. The summed E-state index contributed by atoms with van der Waals surface area (Å²) in [5.74, 6) is -0.355. The predicted molar refractivity (Wildman–Crippen MR) is 80.2 cm³/mol. The van der Waals surface area contributed by atoms with Gasteiger partial charge in [-0.1, -0.05) is 18.2 Å². The maximum absolute atomic E-state index is 13.4. The Morgan fingerprint density at radius 3 is 2.86 bits per heavy atom. The first-order chi connectivity index (χ1) is 10.1. The van der Waals surface area contributed by atoms with Crippen molar-refractivity contribution in [3.05, 3.63) is 53.2 Å². The van der Waals surface area contributed by atoms with E-state index in [1.165, 1.54) is 27.8 Å². The van der Waals surface area contributed by atoms with Crippen LogP contribution in [0.2, 0.25) is 0 Å². The van der Waals surface area contributed by atoms with Crippen molar-refractivity contribution in [3.63, 3.8) is 0 Å². The summed E-state index contributed by atoms with van der Waals surface area (Å²) >= 11 is 1.20. The highest BCUT2D eigenvalue weighted by Gasteiger charge is 2.34. The molecule has 1 N–H and O–H groups in total. The number of nitrogens with one attached hydrogen (secondary N) is 1. The van der Waals surface area contributed by atoms with Crippen LogP contribution in [0.4, 0.5) is 4.39 Å². The van der Waals surface area contributed by atoms with E-state index in [-0.39, 0.29) is 11.9 Å². The van der Waals surface area contributed by atoms with E-state index in [2.05, 4.69) is 5.32 Å². The standard InChI is InChI=1S/C14H15FN2O2S2/c15-12-4-1-3-11(9-12)13-10-16-6-7-17(13)21(18,19)14-5-2-8-20-14/h1-5,8-9,13,16H,6-7,10H2. The lowest BCUT2D eigenvalue weighted by molar-refractivity contribution is 0.271. The van der Waals surface area contributed by atoms with Gasteiger partial charge in [0.2, 0.25) is 0 Å². The molecule has 1 saturated heterocycles. The van der Waals surface area contributed by atoms with Crippen LogP contribution in [0.25, 0.3) is 0 Å². The first-order valence-electron chi connectivity index (χ1n) is 6.60. The van der Waals surface area contributed by atoms with Gasteiger partial charge in [-0.15, -0.1) is 11.3 Å². The van der Waals surface area contributed by atoms with Gasteiger partial charge in [0.15, 0.2) is 0 Å². The van der Waals surface area contributed by atoms with Gasteiger partial charge in [-0.05, 0) is 29.1 Å². The molecule has 4 nitrogen and oxygen atoms in total. The molecular formula is C14H15FN2O2S2. The maximum atomic E-state index is 13.4. The van der Waals surface area contributed by atoms with Crippen molar-refractivity contribution < 1.29 is 12.8 Å². The topological polar surface area (TPSA) is 49.4 Å². The Kier molecular flexibility index (Phi) is 4.08. The van der Waals surface area contributed by atoms with Gasteiger partial charge in [-0.2, -0.15) is 4.31 Å². The highest BCUT2D eigenvalue weighted by molar-refractivity contribution is 7.91. The van der Waals surface area contributed by atoms with Gasteiger partial charge in [-0.3, -0.25) is 0 Å². The Bertz CT molecular complexity index is 716. The SMILES string of the molecule is O=S(=O)(c1cccs1)N1CCNCC1c1cccc(F)c1. The molecule has 1 aromatic heterocycles. The molecule has 0 bridgehead atoms. The average molecular weight is 326 g/mol. The van der Waals surface area contributed by atoms with Gasteiger partial charge in [-0.25, -0.2) is 12.8 Å². The summed E-state index contributed by atoms with van der Waals surface area (Å²) in [5.41, 5.74) is 0.669. The molecule has 1 atom stereocenters. The van der Waals surface area contributed by atoms with Crippen molar-refractivity contribution in [2.75, 3.05) is 19.6 Å². The molecule has 2 aromatic rings. The van der Waals surface area contributed by atoms with Crippen molar-refractivity contribution >= 4 is 21.4 Å². The first kappa shape index (κ1) is 14.6. The van der Waals surface area contributed by atoms with Crippen molar-refractivity contribution in [1.82, 2.24) is 9.62 Å². The second kappa shape index (κ2) is 5.84. The lowest BCUT2D eigenvalue weighted by atomic mass is 10.1. The molecule has 1 aliphatic rings. The normalized spacial score (nSPS) is 20.5. The number of piperazine rings is 1. The van der Waals surface area contributed by atoms with Crippen LogP contribution in [0, 0.1) is 5.82 Å². The fourth-order valence-corrected chi connectivity index (χ4v) is 5.23. The number of sulfonamides is 1. The molecule has 0 aliphatic carbocycles. The van der Waals surface area contributed by atoms with E-state index in [4.69, 9.17) is 0 Å². The third-order valence-electron chi connectivity index (χ3n) is 3.49. The summed E-state index contributed by atoms with van der Waals surface area (Å²) in [6.45, 7) is 1.45. The summed E-state index contributed by atoms with van der Waals surface area (Å²) in [4.78, 5) is 0. The zero-order valence-corrected chi connectivity index (χ0v) is 12.8. The minimum atomic E-state index is -3.54. The fraction of sp³-hybridized carbons (Fsp3) is 0.286. The van der Waals surface area contributed by atoms with E-state index in [0.29, 0.717) is 29.4 Å². The van der Waals surface area contributed by atoms with E-state index in [1.807, 2.05) is 0 Å². The lowest BCUT2D eigenvalue weighted by Crippen LogP contribution is -2.48. The largest absolute Gasteiger partial charge is 0.313 e. The van der Waals surface area contributed by atoms with E-state index in [1.54, 1.807) is 29.6 Å². The Morgan fingerprint density at radius 2 is 2.14 bits per heavy atom. The van der Waals surface area contributed by atoms with Crippen molar-refractivity contribution in [2.24, 2.45) is 0 Å². The maximum Gasteiger partial charge on any atom is 0.253 e. The first-order valence-corrected chi connectivity index (χ1v) is 8.92. The third-order valence-corrected chi connectivity index (χ3v) is 6.77. The van der Waals surface area contributed by atoms with Crippen LogP contribution in [0.15, 0.2) is 46.0 Å². The summed E-state index contributed by atoms with van der Waals surface area (Å²) < 4.78 is 40.7. The molecule has 0 amide bonds. The number of benzene rings is 1. The van der Waals surface area contributed by atoms with Gasteiger partial charge < -0.3 is 5.32 Å². The molecule has 7 heteroatoms. The van der Waals surface area contributed by atoms with E-state index >= 15 is 0 Å². The zero-order chi connectivity index (χ0) is 14.9. The Hall–Kier alpha value is -1.28. The highest BCUT2D eigenvalue weighted by Crippen LogP contribution is 2.30. The van der Waals surface area contributed by atoms with Gasteiger partial charge in [0.1, 0.15) is 10.0 Å². The van der Waals surface area contributed by atoms with E-state index in [0.717, 1.165) is 0 Å². The Labute approximate surface area is 127 Å². The molecule has 1 fully saturated rings. The highest BCUT2D eigenvalue weighted by atomic mass is 32.2.